The van der Waals surface area contributed by atoms with E-state index in [-0.39, 0.29) is 12.2 Å². The first-order chi connectivity index (χ1) is 22.0. The second-order valence-electron chi connectivity index (χ2n) is 10.5. The van der Waals surface area contributed by atoms with E-state index in [1.54, 1.807) is 23.9 Å². The van der Waals surface area contributed by atoms with Crippen LogP contribution in [0, 0.1) is 0 Å². The van der Waals surface area contributed by atoms with Crippen molar-refractivity contribution in [2.24, 2.45) is 0 Å². The summed E-state index contributed by atoms with van der Waals surface area (Å²) < 4.78 is 17.4. The lowest BCUT2D eigenvalue weighted by atomic mass is 9.84. The molecule has 0 unspecified atom stereocenters. The molecule has 0 bridgehead atoms. The van der Waals surface area contributed by atoms with Gasteiger partial charge in [0.15, 0.2) is 0 Å². The van der Waals surface area contributed by atoms with Gasteiger partial charge >= 0.3 is 6.09 Å². The van der Waals surface area contributed by atoms with Gasteiger partial charge in [-0.2, -0.15) is 0 Å². The number of halogens is 1. The zero-order chi connectivity index (χ0) is 31.4. The molecule has 4 aromatic rings. The van der Waals surface area contributed by atoms with Gasteiger partial charge in [0.1, 0.15) is 24.5 Å². The maximum absolute atomic E-state index is 14.0. The standard InChI is InChI=1S/C35H36ClN3O5S/c1-42-35(41)39-33(32(24-10-4-2-5-11-24)25-12-6-3-7-13-25)34(40)38-30-14-8-9-15-31(30)43-22-27-20-37-21-28(44-27)23-45-29-18-16-26(36)17-19-29/h2-19,27-28,32-33,37H,20-23H2,1H3,(H,38,40)(H,39,41)/t27-,28-,33-/m0/s1. The van der Waals surface area contributed by atoms with Gasteiger partial charge in [-0.1, -0.05) is 84.4 Å². The second kappa shape index (κ2) is 16.3. The van der Waals surface area contributed by atoms with E-state index in [4.69, 9.17) is 25.8 Å². The summed E-state index contributed by atoms with van der Waals surface area (Å²) in [6.07, 6.45) is -0.865. The predicted octanol–water partition coefficient (Wildman–Crippen LogP) is 6.36. The highest BCUT2D eigenvalue weighted by Gasteiger charge is 2.33. The molecular weight excluding hydrogens is 610 g/mol. The Balaban J connectivity index is 1.27. The van der Waals surface area contributed by atoms with E-state index in [1.807, 2.05) is 97.1 Å². The number of nitrogens with one attached hydrogen (secondary N) is 3. The molecule has 1 aliphatic rings. The summed E-state index contributed by atoms with van der Waals surface area (Å²) in [5.41, 5.74) is 2.23. The SMILES string of the molecule is COC(=O)N[C@H](C(=O)Nc1ccccc1OC[C@@H]1CNC[C@@H](CSc2ccc(Cl)cc2)O1)C(c1ccccc1)c1ccccc1. The molecule has 0 aliphatic carbocycles. The highest BCUT2D eigenvalue weighted by Crippen LogP contribution is 2.31. The maximum Gasteiger partial charge on any atom is 0.407 e. The fraction of sp³-hybridized carbons (Fsp3) is 0.257. The number of hydrogen-bond donors (Lipinski definition) is 3. The number of rotatable bonds is 12. The summed E-state index contributed by atoms with van der Waals surface area (Å²) >= 11 is 7.72. The molecule has 8 nitrogen and oxygen atoms in total. The van der Waals surface area contributed by atoms with E-state index in [1.165, 1.54) is 7.11 Å². The van der Waals surface area contributed by atoms with Crippen LogP contribution in [0.1, 0.15) is 17.0 Å². The van der Waals surface area contributed by atoms with Crippen molar-refractivity contribution in [3.8, 4) is 5.75 Å². The van der Waals surface area contributed by atoms with E-state index in [9.17, 15) is 9.59 Å². The van der Waals surface area contributed by atoms with Crippen LogP contribution in [0.15, 0.2) is 114 Å². The number of ether oxygens (including phenoxy) is 3. The predicted molar refractivity (Wildman–Crippen MR) is 178 cm³/mol. The molecule has 1 aliphatic heterocycles. The highest BCUT2D eigenvalue weighted by molar-refractivity contribution is 7.99. The Labute approximate surface area is 272 Å². The molecule has 1 heterocycles. The van der Waals surface area contributed by atoms with Crippen LogP contribution in [0.4, 0.5) is 10.5 Å². The van der Waals surface area contributed by atoms with Crippen LogP contribution in [-0.2, 0) is 14.3 Å². The number of carbonyl (C=O) groups excluding carboxylic acids is 2. The monoisotopic (exact) mass is 645 g/mol. The second-order valence-corrected chi connectivity index (χ2v) is 12.0. The quantitative estimate of drug-likeness (QED) is 0.154. The Kier molecular flexibility index (Phi) is 11.8. The Hall–Kier alpha value is -4.02. The molecule has 234 valence electrons. The van der Waals surface area contributed by atoms with E-state index < -0.39 is 24.0 Å². The van der Waals surface area contributed by atoms with Gasteiger partial charge in [-0.15, -0.1) is 11.8 Å². The Morgan fingerprint density at radius 2 is 1.51 bits per heavy atom. The fourth-order valence-electron chi connectivity index (χ4n) is 5.16. The number of methoxy groups -OCH3 is 1. The smallest absolute Gasteiger partial charge is 0.407 e. The Morgan fingerprint density at radius 1 is 0.889 bits per heavy atom. The third-order valence-corrected chi connectivity index (χ3v) is 8.74. The molecule has 1 fully saturated rings. The van der Waals surface area contributed by atoms with Crippen LogP contribution >= 0.6 is 23.4 Å². The van der Waals surface area contributed by atoms with Crippen LogP contribution < -0.4 is 20.7 Å². The number of benzene rings is 4. The van der Waals surface area contributed by atoms with Crippen molar-refractivity contribution >= 4 is 41.1 Å². The number of para-hydroxylation sites is 2. The molecule has 5 rings (SSSR count). The summed E-state index contributed by atoms with van der Waals surface area (Å²) in [5, 5.41) is 9.91. The van der Waals surface area contributed by atoms with E-state index in [2.05, 4.69) is 16.0 Å². The molecule has 10 heteroatoms. The van der Waals surface area contributed by atoms with Crippen LogP contribution in [0.2, 0.25) is 5.02 Å². The Bertz CT molecular complexity index is 1490. The molecule has 3 N–H and O–H groups in total. The number of thioether (sulfide) groups is 1. The van der Waals surface area contributed by atoms with Gasteiger partial charge < -0.3 is 30.2 Å². The van der Waals surface area contributed by atoms with Gasteiger partial charge in [0.25, 0.3) is 0 Å². The number of amides is 2. The first-order valence-electron chi connectivity index (χ1n) is 14.7. The van der Waals surface area contributed by atoms with Gasteiger partial charge in [0, 0.05) is 34.7 Å². The molecule has 0 aromatic heterocycles. The Morgan fingerprint density at radius 3 is 2.18 bits per heavy atom. The topological polar surface area (TPSA) is 97.9 Å². The molecule has 0 spiro atoms. The zero-order valence-electron chi connectivity index (χ0n) is 24.9. The largest absolute Gasteiger partial charge is 0.489 e. The third kappa shape index (κ3) is 9.25. The van der Waals surface area contributed by atoms with Gasteiger partial charge in [0.2, 0.25) is 5.91 Å². The highest BCUT2D eigenvalue weighted by atomic mass is 35.5. The number of morpholine rings is 1. The summed E-state index contributed by atoms with van der Waals surface area (Å²) in [7, 11) is 1.27. The first-order valence-corrected chi connectivity index (χ1v) is 16.1. The van der Waals surface area contributed by atoms with Gasteiger partial charge in [-0.3, -0.25) is 4.79 Å². The van der Waals surface area contributed by atoms with Gasteiger partial charge in [-0.05, 0) is 47.5 Å². The van der Waals surface area contributed by atoms with Crippen molar-refractivity contribution in [3.63, 3.8) is 0 Å². The van der Waals surface area contributed by atoms with Crippen molar-refractivity contribution in [2.45, 2.75) is 29.1 Å². The third-order valence-electron chi connectivity index (χ3n) is 7.34. The molecule has 2 amide bonds. The molecule has 0 radical (unpaired) electrons. The minimum absolute atomic E-state index is 0.0148. The van der Waals surface area contributed by atoms with Crippen molar-refractivity contribution in [3.05, 3.63) is 125 Å². The fourth-order valence-corrected chi connectivity index (χ4v) is 6.19. The van der Waals surface area contributed by atoms with Crippen LogP contribution in [0.25, 0.3) is 0 Å². The first kappa shape index (κ1) is 32.4. The lowest BCUT2D eigenvalue weighted by Crippen LogP contribution is -2.48. The summed E-state index contributed by atoms with van der Waals surface area (Å²) in [5.74, 6) is 0.393. The molecule has 4 aromatic carbocycles. The lowest BCUT2D eigenvalue weighted by Gasteiger charge is -2.31. The van der Waals surface area contributed by atoms with E-state index >= 15 is 0 Å². The van der Waals surface area contributed by atoms with Crippen LogP contribution in [0.5, 0.6) is 5.75 Å². The summed E-state index contributed by atoms with van der Waals surface area (Å²) in [6, 6.07) is 33.2. The minimum atomic E-state index is -0.986. The normalized spacial score (nSPS) is 16.9. The summed E-state index contributed by atoms with van der Waals surface area (Å²) in [6.45, 7) is 1.70. The van der Waals surface area contributed by atoms with Crippen LogP contribution in [0.3, 0.4) is 0 Å². The molecular formula is C35H36ClN3O5S. The number of alkyl carbamates (subject to hydrolysis) is 1. The van der Waals surface area contributed by atoms with Crippen molar-refractivity contribution < 1.29 is 23.8 Å². The summed E-state index contributed by atoms with van der Waals surface area (Å²) in [4.78, 5) is 27.6. The maximum atomic E-state index is 14.0. The minimum Gasteiger partial charge on any atom is -0.489 e. The average molecular weight is 646 g/mol. The number of carbonyl (C=O) groups is 2. The number of hydrogen-bond acceptors (Lipinski definition) is 7. The van der Waals surface area contributed by atoms with Gasteiger partial charge in [0.05, 0.1) is 18.9 Å². The molecule has 1 saturated heterocycles. The average Bonchev–Trinajstić information content (AvgIpc) is 3.08. The molecule has 3 atom stereocenters. The van der Waals surface area contributed by atoms with E-state index in [0.29, 0.717) is 29.6 Å². The molecule has 45 heavy (non-hydrogen) atoms. The zero-order valence-corrected chi connectivity index (χ0v) is 26.4. The van der Waals surface area contributed by atoms with Crippen molar-refractivity contribution in [2.75, 3.05) is 37.9 Å². The van der Waals surface area contributed by atoms with Crippen LogP contribution in [-0.4, -0.2) is 62.8 Å². The number of anilines is 1. The molecule has 0 saturated carbocycles. The van der Waals surface area contributed by atoms with E-state index in [0.717, 1.165) is 28.3 Å². The van der Waals surface area contributed by atoms with Gasteiger partial charge in [-0.25, -0.2) is 4.79 Å². The van der Waals surface area contributed by atoms with Crippen molar-refractivity contribution in [1.82, 2.24) is 10.6 Å². The lowest BCUT2D eigenvalue weighted by molar-refractivity contribution is -0.118. The van der Waals surface area contributed by atoms with Crippen molar-refractivity contribution in [1.29, 1.82) is 0 Å².